The Hall–Kier alpha value is -5.26. The molecule has 2 aliphatic rings. The Balaban J connectivity index is 0.00000119. The van der Waals surface area contributed by atoms with E-state index in [4.69, 9.17) is 20.7 Å². The maximum Gasteiger partial charge on any atom is 0.270 e. The van der Waals surface area contributed by atoms with Crippen molar-refractivity contribution >= 4 is 41.0 Å². The first kappa shape index (κ1) is 32.3. The van der Waals surface area contributed by atoms with Crippen LogP contribution >= 0.6 is 0 Å². The van der Waals surface area contributed by atoms with Gasteiger partial charge in [-0.25, -0.2) is 0 Å². The van der Waals surface area contributed by atoms with Gasteiger partial charge in [0.25, 0.3) is 11.8 Å². The normalized spacial score (nSPS) is 14.5. The smallest absolute Gasteiger partial charge is 0.270 e. The van der Waals surface area contributed by atoms with Gasteiger partial charge < -0.3 is 36.7 Å². The summed E-state index contributed by atoms with van der Waals surface area (Å²) < 4.78 is 5.75. The molecule has 0 unspecified atom stereocenters. The number of rotatable bonds is 11. The zero-order valence-electron chi connectivity index (χ0n) is 24.8. The molecule has 0 bridgehead atoms. The van der Waals surface area contributed by atoms with Crippen molar-refractivity contribution in [1.82, 2.24) is 20.5 Å². The zero-order chi connectivity index (χ0) is 31.4. The van der Waals surface area contributed by atoms with E-state index >= 15 is 0 Å². The van der Waals surface area contributed by atoms with Crippen LogP contribution in [0.2, 0.25) is 0 Å². The highest BCUT2D eigenvalue weighted by Gasteiger charge is 2.29. The van der Waals surface area contributed by atoms with Crippen LogP contribution in [-0.4, -0.2) is 67.4 Å². The lowest BCUT2D eigenvalue weighted by molar-refractivity contribution is -0.126. The fourth-order valence-corrected chi connectivity index (χ4v) is 4.06. The molecule has 226 valence electrons. The molecule has 1 aliphatic carbocycles. The summed E-state index contributed by atoms with van der Waals surface area (Å²) in [6.45, 7) is 2.44. The Bertz CT molecular complexity index is 1460. The van der Waals surface area contributed by atoms with Crippen molar-refractivity contribution in [2.45, 2.75) is 26.3 Å². The maximum absolute atomic E-state index is 12.9. The second-order valence-corrected chi connectivity index (χ2v) is 9.86. The SMILES string of the molecule is CNC=O.COc1c(N/C(=C/C(N)=NC(=O)C2CC2)C(C)=N)cccc1C1=CC=C(C(=O)N(C)Cc2ccccn2)NC1. The van der Waals surface area contributed by atoms with Gasteiger partial charge in [0.1, 0.15) is 17.3 Å². The highest BCUT2D eigenvalue weighted by Crippen LogP contribution is 2.35. The number of pyridine rings is 1. The van der Waals surface area contributed by atoms with E-state index in [9.17, 15) is 9.59 Å². The molecule has 43 heavy (non-hydrogen) atoms. The van der Waals surface area contributed by atoms with Gasteiger partial charge in [-0.2, -0.15) is 4.99 Å². The number of aliphatic imine (C=N–C) groups is 1. The lowest BCUT2D eigenvalue weighted by atomic mass is 10.0. The summed E-state index contributed by atoms with van der Waals surface area (Å²) in [5.41, 5.74) is 10.3. The molecule has 0 saturated heterocycles. The number of likely N-dealkylation sites (N-methyl/N-ethyl adjacent to an activating group) is 1. The minimum atomic E-state index is -0.226. The molecule has 12 nitrogen and oxygen atoms in total. The number of benzene rings is 1. The third-order valence-corrected chi connectivity index (χ3v) is 6.44. The van der Waals surface area contributed by atoms with Gasteiger partial charge in [-0.05, 0) is 49.6 Å². The number of para-hydroxylation sites is 1. The van der Waals surface area contributed by atoms with Crippen molar-refractivity contribution < 1.29 is 19.1 Å². The monoisotopic (exact) mass is 586 g/mol. The third kappa shape index (κ3) is 9.38. The van der Waals surface area contributed by atoms with Crippen molar-refractivity contribution in [2.24, 2.45) is 16.6 Å². The molecule has 12 heteroatoms. The number of methoxy groups -OCH3 is 1. The van der Waals surface area contributed by atoms with Gasteiger partial charge in [0, 0.05) is 44.4 Å². The number of hydrogen-bond acceptors (Lipinski definition) is 8. The summed E-state index contributed by atoms with van der Waals surface area (Å²) in [5.74, 6) is 0.225. The first-order chi connectivity index (χ1) is 20.7. The highest BCUT2D eigenvalue weighted by molar-refractivity contribution is 6.08. The van der Waals surface area contributed by atoms with Crippen LogP contribution in [-0.2, 0) is 20.9 Å². The van der Waals surface area contributed by atoms with Gasteiger partial charge >= 0.3 is 0 Å². The summed E-state index contributed by atoms with van der Waals surface area (Å²) in [5, 5.41) is 16.9. The number of amides is 3. The average Bonchev–Trinajstić information content (AvgIpc) is 3.87. The van der Waals surface area contributed by atoms with E-state index in [1.165, 1.54) is 6.08 Å². The lowest BCUT2D eigenvalue weighted by Crippen LogP contribution is -2.35. The third-order valence-electron chi connectivity index (χ3n) is 6.44. The topological polar surface area (TPSA) is 175 Å². The predicted octanol–water partition coefficient (Wildman–Crippen LogP) is 2.61. The molecule has 0 spiro atoms. The van der Waals surface area contributed by atoms with Gasteiger partial charge in [-0.3, -0.25) is 19.4 Å². The summed E-state index contributed by atoms with van der Waals surface area (Å²) in [7, 11) is 4.88. The number of anilines is 1. The Kier molecular flexibility index (Phi) is 11.7. The molecular formula is C31H38N8O4. The highest BCUT2D eigenvalue weighted by atomic mass is 16.5. The number of allylic oxidation sites excluding steroid dienone is 3. The van der Waals surface area contributed by atoms with Crippen molar-refractivity contribution in [3.8, 4) is 5.75 Å². The van der Waals surface area contributed by atoms with E-state index in [1.54, 1.807) is 45.3 Å². The van der Waals surface area contributed by atoms with Crippen LogP contribution in [0, 0.1) is 11.3 Å². The van der Waals surface area contributed by atoms with Crippen LogP contribution in [0.5, 0.6) is 5.75 Å². The Morgan fingerprint density at radius 3 is 2.53 bits per heavy atom. The number of ether oxygens (including phenoxy) is 1. The standard InChI is InChI=1S/C29H33N7O3.C2H5NO/c1-18(30)25(15-26(31)35-28(37)19-10-11-19)34-23-9-6-8-22(27(23)39-3)20-12-13-24(33-16-20)29(38)36(2)17-21-7-4-5-14-32-21;1-3-2-4/h4-9,12-15,19,30,33-34H,10-11,16-17H2,1-3H3,(H2,31,35,37);2H,1H3,(H,3,4)/b25-15+,30-18?;. The minimum absolute atomic E-state index is 0.0327. The average molecular weight is 587 g/mol. The summed E-state index contributed by atoms with van der Waals surface area (Å²) in [6, 6.07) is 11.2. The van der Waals surface area contributed by atoms with Crippen LogP contribution in [0.15, 0.2) is 77.2 Å². The van der Waals surface area contributed by atoms with E-state index in [0.29, 0.717) is 42.3 Å². The van der Waals surface area contributed by atoms with E-state index in [1.807, 2.05) is 42.5 Å². The molecule has 3 amide bonds. The number of carbonyl (C=O) groups excluding carboxylic acids is 3. The van der Waals surface area contributed by atoms with E-state index in [2.05, 4.69) is 25.9 Å². The number of aromatic nitrogens is 1. The molecule has 1 aromatic carbocycles. The number of nitrogens with one attached hydrogen (secondary N) is 4. The number of dihydropyridines is 1. The first-order valence-corrected chi connectivity index (χ1v) is 13.7. The molecule has 1 fully saturated rings. The second kappa shape index (κ2) is 15.7. The first-order valence-electron chi connectivity index (χ1n) is 13.7. The van der Waals surface area contributed by atoms with E-state index in [0.717, 1.165) is 29.7 Å². The molecular weight excluding hydrogens is 548 g/mol. The molecule has 1 saturated carbocycles. The Morgan fingerprint density at radius 1 is 1.23 bits per heavy atom. The second-order valence-electron chi connectivity index (χ2n) is 9.86. The number of nitrogens with zero attached hydrogens (tertiary/aromatic N) is 3. The fourth-order valence-electron chi connectivity index (χ4n) is 4.06. The van der Waals surface area contributed by atoms with E-state index < -0.39 is 0 Å². The molecule has 6 N–H and O–H groups in total. The van der Waals surface area contributed by atoms with Gasteiger partial charge in [0.2, 0.25) is 6.41 Å². The number of nitrogens with two attached hydrogens (primary N) is 1. The fraction of sp³-hybridized carbons (Fsp3) is 0.290. The van der Waals surface area contributed by atoms with Crippen LogP contribution in [0.25, 0.3) is 5.57 Å². The van der Waals surface area contributed by atoms with Crippen LogP contribution in [0.4, 0.5) is 5.69 Å². The van der Waals surface area contributed by atoms with Crippen LogP contribution in [0.3, 0.4) is 0 Å². The molecule has 2 heterocycles. The number of amidine groups is 1. The van der Waals surface area contributed by atoms with Gasteiger partial charge in [-0.15, -0.1) is 0 Å². The Labute approximate surface area is 251 Å². The number of carbonyl (C=O) groups is 3. The van der Waals surface area contributed by atoms with Crippen molar-refractivity contribution in [3.05, 3.63) is 83.5 Å². The van der Waals surface area contributed by atoms with Crippen molar-refractivity contribution in [1.29, 1.82) is 5.41 Å². The zero-order valence-corrected chi connectivity index (χ0v) is 24.8. The summed E-state index contributed by atoms with van der Waals surface area (Å²) in [4.78, 5) is 43.8. The molecule has 1 aromatic heterocycles. The summed E-state index contributed by atoms with van der Waals surface area (Å²) in [6.07, 6.45) is 9.16. The molecule has 2 aromatic rings. The Morgan fingerprint density at radius 2 is 1.98 bits per heavy atom. The molecule has 0 atom stereocenters. The lowest BCUT2D eigenvalue weighted by Gasteiger charge is -2.23. The van der Waals surface area contributed by atoms with Crippen LogP contribution in [0.1, 0.15) is 31.0 Å². The van der Waals surface area contributed by atoms with Gasteiger partial charge in [0.05, 0.1) is 36.4 Å². The molecule has 4 rings (SSSR count). The maximum atomic E-state index is 12.9. The molecule has 1 aliphatic heterocycles. The predicted molar refractivity (Wildman–Crippen MR) is 167 cm³/mol. The number of hydrogen-bond donors (Lipinski definition) is 5. The quantitative estimate of drug-likeness (QED) is 0.152. The van der Waals surface area contributed by atoms with Gasteiger partial charge in [0.15, 0.2) is 0 Å². The van der Waals surface area contributed by atoms with Crippen molar-refractivity contribution in [2.75, 3.05) is 33.1 Å². The molecule has 0 radical (unpaired) electrons. The van der Waals surface area contributed by atoms with Gasteiger partial charge in [-0.1, -0.05) is 24.3 Å². The van der Waals surface area contributed by atoms with E-state index in [-0.39, 0.29) is 29.3 Å². The van der Waals surface area contributed by atoms with Crippen LogP contribution < -0.4 is 26.4 Å². The minimum Gasteiger partial charge on any atom is -0.494 e. The summed E-state index contributed by atoms with van der Waals surface area (Å²) >= 11 is 0. The largest absolute Gasteiger partial charge is 0.494 e. The van der Waals surface area contributed by atoms with Crippen molar-refractivity contribution in [3.63, 3.8) is 0 Å².